The van der Waals surface area contributed by atoms with Crippen molar-refractivity contribution in [2.45, 2.75) is 6.92 Å². The van der Waals surface area contributed by atoms with Gasteiger partial charge in [0.2, 0.25) is 0 Å². The number of rotatable bonds is 3. The van der Waals surface area contributed by atoms with Crippen molar-refractivity contribution in [1.82, 2.24) is 0 Å². The van der Waals surface area contributed by atoms with Crippen molar-refractivity contribution >= 4 is 16.1 Å². The van der Waals surface area contributed by atoms with Gasteiger partial charge in [0.05, 0.1) is 12.4 Å². The topological polar surface area (TPSA) is 101 Å². The van der Waals surface area contributed by atoms with E-state index in [9.17, 15) is 8.42 Å². The summed E-state index contributed by atoms with van der Waals surface area (Å²) in [5.41, 5.74) is 0. The molecule has 12 heavy (non-hydrogen) atoms. The Kier molecular flexibility index (Phi) is 8.12. The van der Waals surface area contributed by atoms with Gasteiger partial charge in [0.15, 0.2) is 0 Å². The molecule has 0 bridgehead atoms. The largest absolute Gasteiger partial charge is 0.481 e. The van der Waals surface area contributed by atoms with Crippen LogP contribution in [0.2, 0.25) is 0 Å². The number of methoxy groups -OCH3 is 1. The van der Waals surface area contributed by atoms with Gasteiger partial charge in [0.25, 0.3) is 16.1 Å². The monoisotopic (exact) mass is 200 g/mol. The minimum absolute atomic E-state index is 0.0405. The van der Waals surface area contributed by atoms with Gasteiger partial charge in [-0.25, -0.2) is 0 Å². The van der Waals surface area contributed by atoms with Crippen LogP contribution in [0.5, 0.6) is 0 Å². The van der Waals surface area contributed by atoms with Crippen LogP contribution >= 0.6 is 0 Å². The summed E-state index contributed by atoms with van der Waals surface area (Å²) in [4.78, 5) is 9.00. The highest BCUT2D eigenvalue weighted by molar-refractivity contribution is 7.85. The van der Waals surface area contributed by atoms with E-state index in [0.717, 1.165) is 6.92 Å². The van der Waals surface area contributed by atoms with Gasteiger partial charge < -0.3 is 9.84 Å². The Morgan fingerprint density at radius 3 is 1.92 bits per heavy atom. The maximum absolute atomic E-state index is 9.87. The molecule has 0 radical (unpaired) electrons. The summed E-state index contributed by atoms with van der Waals surface area (Å²) in [7, 11) is -2.45. The highest BCUT2D eigenvalue weighted by Gasteiger charge is 2.00. The van der Waals surface area contributed by atoms with Gasteiger partial charge in [-0.1, -0.05) is 0 Å². The molecule has 0 heterocycles. The Morgan fingerprint density at radius 1 is 1.50 bits per heavy atom. The van der Waals surface area contributed by atoms with Crippen LogP contribution in [-0.4, -0.2) is 43.5 Å². The first-order chi connectivity index (χ1) is 5.29. The normalized spacial score (nSPS) is 9.92. The number of hydrogen-bond acceptors (Lipinski definition) is 4. The quantitative estimate of drug-likeness (QED) is 0.602. The predicted molar refractivity (Wildman–Crippen MR) is 41.6 cm³/mol. The number of hydrogen-bond donors (Lipinski definition) is 2. The van der Waals surface area contributed by atoms with E-state index in [1.165, 1.54) is 7.11 Å². The minimum Gasteiger partial charge on any atom is -0.481 e. The molecule has 0 atom stereocenters. The minimum atomic E-state index is -3.81. The molecule has 0 saturated heterocycles. The van der Waals surface area contributed by atoms with Gasteiger partial charge in [-0.05, 0) is 0 Å². The molecule has 0 aromatic heterocycles. The van der Waals surface area contributed by atoms with Crippen LogP contribution < -0.4 is 0 Å². The van der Waals surface area contributed by atoms with Gasteiger partial charge in [-0.2, -0.15) is 8.42 Å². The Morgan fingerprint density at radius 2 is 1.83 bits per heavy atom. The Balaban J connectivity index is 0. The van der Waals surface area contributed by atoms with Crippen molar-refractivity contribution < 1.29 is 27.6 Å². The highest BCUT2D eigenvalue weighted by Crippen LogP contribution is 1.79. The predicted octanol–water partition coefficient (Wildman–Crippen LogP) is -0.388. The Hall–Kier alpha value is -0.660. The molecule has 0 aromatic carbocycles. The zero-order chi connectivity index (χ0) is 10.2. The molecule has 6 nitrogen and oxygen atoms in total. The van der Waals surface area contributed by atoms with Crippen LogP contribution in [0.15, 0.2) is 0 Å². The summed E-state index contributed by atoms with van der Waals surface area (Å²) in [5.74, 6) is -1.16. The smallest absolute Gasteiger partial charge is 0.300 e. The van der Waals surface area contributed by atoms with Crippen LogP contribution in [-0.2, 0) is 19.6 Å². The summed E-state index contributed by atoms with van der Waals surface area (Å²) in [6.07, 6.45) is 0. The van der Waals surface area contributed by atoms with E-state index < -0.39 is 16.1 Å². The van der Waals surface area contributed by atoms with Gasteiger partial charge in [-0.15, -0.1) is 0 Å². The summed E-state index contributed by atoms with van der Waals surface area (Å²) >= 11 is 0. The fourth-order valence-electron chi connectivity index (χ4n) is 0.189. The molecule has 2 N–H and O–H groups in total. The first-order valence-corrected chi connectivity index (χ1v) is 4.54. The zero-order valence-electron chi connectivity index (χ0n) is 6.85. The van der Waals surface area contributed by atoms with Gasteiger partial charge in [0, 0.05) is 14.0 Å². The van der Waals surface area contributed by atoms with E-state index in [-0.39, 0.29) is 12.4 Å². The van der Waals surface area contributed by atoms with Crippen molar-refractivity contribution in [3.05, 3.63) is 0 Å². The maximum Gasteiger partial charge on any atom is 0.300 e. The molecule has 0 aliphatic heterocycles. The number of aliphatic carboxylic acids is 1. The third-order valence-electron chi connectivity index (χ3n) is 0.545. The number of carboxylic acids is 1. The molecule has 0 unspecified atom stereocenters. The molecular formula is C5H12O6S. The van der Waals surface area contributed by atoms with Crippen LogP contribution in [0.25, 0.3) is 0 Å². The van der Waals surface area contributed by atoms with Crippen LogP contribution in [0.3, 0.4) is 0 Å². The molecule has 0 saturated carbocycles. The molecule has 7 heteroatoms. The van der Waals surface area contributed by atoms with E-state index in [2.05, 4.69) is 4.74 Å². The van der Waals surface area contributed by atoms with Crippen LogP contribution in [0, 0.1) is 0 Å². The van der Waals surface area contributed by atoms with Crippen molar-refractivity contribution in [1.29, 1.82) is 0 Å². The molecule has 0 fully saturated rings. The number of carbonyl (C=O) groups is 1. The first kappa shape index (κ1) is 13.9. The van der Waals surface area contributed by atoms with Crippen molar-refractivity contribution in [2.24, 2.45) is 0 Å². The highest BCUT2D eigenvalue weighted by atomic mass is 32.2. The number of ether oxygens (including phenoxy) is 1. The third-order valence-corrected chi connectivity index (χ3v) is 1.23. The van der Waals surface area contributed by atoms with Crippen LogP contribution in [0.1, 0.15) is 6.92 Å². The lowest BCUT2D eigenvalue weighted by Gasteiger charge is -1.91. The van der Waals surface area contributed by atoms with Crippen molar-refractivity contribution in [3.63, 3.8) is 0 Å². The van der Waals surface area contributed by atoms with E-state index in [4.69, 9.17) is 14.5 Å². The van der Waals surface area contributed by atoms with Crippen molar-refractivity contribution in [3.8, 4) is 0 Å². The van der Waals surface area contributed by atoms with E-state index in [0.29, 0.717) is 0 Å². The summed E-state index contributed by atoms with van der Waals surface area (Å²) in [6, 6.07) is 0. The summed E-state index contributed by atoms with van der Waals surface area (Å²) in [6.45, 7) is 1.12. The Bertz CT molecular complexity index is 202. The third kappa shape index (κ3) is 34.5. The molecule has 0 amide bonds. The Labute approximate surface area is 70.9 Å². The molecule has 0 rings (SSSR count). The lowest BCUT2D eigenvalue weighted by molar-refractivity contribution is -0.134. The van der Waals surface area contributed by atoms with E-state index >= 15 is 0 Å². The summed E-state index contributed by atoms with van der Waals surface area (Å²) < 4.78 is 32.2. The zero-order valence-corrected chi connectivity index (χ0v) is 7.67. The van der Waals surface area contributed by atoms with E-state index in [1.54, 1.807) is 0 Å². The standard InChI is InChI=1S/C3H8O4S.C2H4O2/c1-7-2-3-8(4,5)6;1-2(3)4/h2-3H2,1H3,(H,4,5,6);1H3,(H,3,4). The fourth-order valence-corrected chi connectivity index (χ4v) is 0.566. The second-order valence-electron chi connectivity index (χ2n) is 1.80. The second-order valence-corrected chi connectivity index (χ2v) is 3.37. The maximum atomic E-state index is 9.87. The molecule has 0 aromatic rings. The molecule has 0 aliphatic carbocycles. The molecule has 0 spiro atoms. The second kappa shape index (κ2) is 7.01. The SMILES string of the molecule is CC(=O)O.COCCS(=O)(=O)O. The van der Waals surface area contributed by atoms with Crippen molar-refractivity contribution in [2.75, 3.05) is 19.5 Å². The van der Waals surface area contributed by atoms with E-state index in [1.807, 2.05) is 0 Å². The summed E-state index contributed by atoms with van der Waals surface area (Å²) in [5, 5.41) is 7.42. The lowest BCUT2D eigenvalue weighted by Crippen LogP contribution is -2.08. The van der Waals surface area contributed by atoms with Gasteiger partial charge in [0.1, 0.15) is 0 Å². The average molecular weight is 200 g/mol. The van der Waals surface area contributed by atoms with Crippen LogP contribution in [0.4, 0.5) is 0 Å². The van der Waals surface area contributed by atoms with Gasteiger partial charge in [-0.3, -0.25) is 9.35 Å². The van der Waals surface area contributed by atoms with Gasteiger partial charge >= 0.3 is 0 Å². The fraction of sp³-hybridized carbons (Fsp3) is 0.800. The molecular weight excluding hydrogens is 188 g/mol. The molecule has 0 aliphatic rings. The molecule has 74 valence electrons. The average Bonchev–Trinajstić information content (AvgIpc) is 1.80. The number of carboxylic acid groups (broad SMARTS) is 1. The lowest BCUT2D eigenvalue weighted by atomic mass is 10.9. The first-order valence-electron chi connectivity index (χ1n) is 2.93.